The van der Waals surface area contributed by atoms with Gasteiger partial charge in [-0.2, -0.15) is 0 Å². The van der Waals surface area contributed by atoms with Crippen LogP contribution in [-0.2, 0) is 10.0 Å². The first kappa shape index (κ1) is 13.3. The summed E-state index contributed by atoms with van der Waals surface area (Å²) in [5.41, 5.74) is 3.84. The molecule has 0 saturated carbocycles. The van der Waals surface area contributed by atoms with E-state index in [1.54, 1.807) is 18.2 Å². The Morgan fingerprint density at radius 1 is 1.11 bits per heavy atom. The monoisotopic (exact) mass is 269 g/mol. The van der Waals surface area contributed by atoms with E-state index in [4.69, 9.17) is 0 Å². The summed E-state index contributed by atoms with van der Waals surface area (Å²) in [7, 11) is -2.00. The fourth-order valence-electron chi connectivity index (χ4n) is 2.08. The average Bonchev–Trinajstić information content (AvgIpc) is 2.40. The molecule has 1 aromatic rings. The van der Waals surface area contributed by atoms with E-state index >= 15 is 0 Å². The number of piperidine rings is 1. The van der Waals surface area contributed by atoms with Crippen molar-refractivity contribution in [1.82, 2.24) is 9.73 Å². The molecule has 0 aromatic heterocycles. The van der Waals surface area contributed by atoms with Gasteiger partial charge in [-0.1, -0.05) is 18.6 Å². The molecule has 2 N–H and O–H groups in total. The lowest BCUT2D eigenvalue weighted by molar-refractivity contribution is 0.272. The summed E-state index contributed by atoms with van der Waals surface area (Å²) in [6.45, 7) is 1.90. The fraction of sp³-hybridized carbons (Fsp3) is 0.500. The van der Waals surface area contributed by atoms with Gasteiger partial charge in [-0.3, -0.25) is 0 Å². The van der Waals surface area contributed by atoms with Gasteiger partial charge in [0.15, 0.2) is 0 Å². The summed E-state index contributed by atoms with van der Waals surface area (Å²) in [6, 6.07) is 6.96. The van der Waals surface area contributed by atoms with Gasteiger partial charge < -0.3 is 5.43 Å². The first-order valence-electron chi connectivity index (χ1n) is 6.17. The van der Waals surface area contributed by atoms with Gasteiger partial charge >= 0.3 is 0 Å². The highest BCUT2D eigenvalue weighted by Crippen LogP contribution is 2.22. The van der Waals surface area contributed by atoms with Gasteiger partial charge in [-0.15, -0.1) is 0 Å². The molecule has 18 heavy (non-hydrogen) atoms. The van der Waals surface area contributed by atoms with E-state index in [9.17, 15) is 8.42 Å². The van der Waals surface area contributed by atoms with Crippen molar-refractivity contribution in [2.75, 3.05) is 25.6 Å². The van der Waals surface area contributed by atoms with Crippen molar-refractivity contribution in [2.24, 2.45) is 0 Å². The van der Waals surface area contributed by atoms with Gasteiger partial charge in [0.1, 0.15) is 4.90 Å². The van der Waals surface area contributed by atoms with Gasteiger partial charge in [0.05, 0.1) is 5.69 Å². The Balaban J connectivity index is 2.22. The van der Waals surface area contributed by atoms with E-state index in [-0.39, 0.29) is 4.90 Å². The lowest BCUT2D eigenvalue weighted by Crippen LogP contribution is -2.35. The summed E-state index contributed by atoms with van der Waals surface area (Å²) < 4.78 is 26.1. The maximum atomic E-state index is 11.9. The number of sulfonamides is 1. The second kappa shape index (κ2) is 5.69. The molecule has 0 aliphatic carbocycles. The van der Waals surface area contributed by atoms with Crippen LogP contribution < -0.4 is 10.1 Å². The molecule has 100 valence electrons. The second-order valence-electron chi connectivity index (χ2n) is 4.36. The van der Waals surface area contributed by atoms with Crippen LogP contribution in [0.4, 0.5) is 5.69 Å². The van der Waals surface area contributed by atoms with Crippen LogP contribution in [0.1, 0.15) is 19.3 Å². The number of hydrogen-bond acceptors (Lipinski definition) is 4. The van der Waals surface area contributed by atoms with Crippen molar-refractivity contribution in [2.45, 2.75) is 24.2 Å². The molecule has 1 heterocycles. The van der Waals surface area contributed by atoms with E-state index in [1.807, 2.05) is 6.07 Å². The lowest BCUT2D eigenvalue weighted by atomic mass is 10.2. The number of benzene rings is 1. The van der Waals surface area contributed by atoms with Gasteiger partial charge in [0, 0.05) is 13.1 Å². The van der Waals surface area contributed by atoms with Crippen molar-refractivity contribution >= 4 is 15.7 Å². The Kier molecular flexibility index (Phi) is 4.21. The van der Waals surface area contributed by atoms with Gasteiger partial charge in [-0.25, -0.2) is 18.1 Å². The second-order valence-corrected chi connectivity index (χ2v) is 6.22. The Bertz CT molecular complexity index is 496. The molecule has 6 heteroatoms. The summed E-state index contributed by atoms with van der Waals surface area (Å²) in [4.78, 5) is 0.290. The van der Waals surface area contributed by atoms with Crippen LogP contribution in [0.2, 0.25) is 0 Å². The molecule has 0 unspecified atom stereocenters. The highest BCUT2D eigenvalue weighted by Gasteiger charge is 2.18. The van der Waals surface area contributed by atoms with Crippen molar-refractivity contribution in [3.63, 3.8) is 0 Å². The standard InChI is InChI=1S/C12H19N3O2S/c1-13-18(16,17)12-8-4-3-7-11(12)14-15-9-5-2-6-10-15/h3-4,7-8,13-14H,2,5-6,9-10H2,1H3. The molecule has 0 amide bonds. The Hall–Kier alpha value is -1.11. The minimum Gasteiger partial charge on any atom is -0.318 e. The van der Waals surface area contributed by atoms with Crippen LogP contribution >= 0.6 is 0 Å². The van der Waals surface area contributed by atoms with Crippen molar-refractivity contribution < 1.29 is 8.42 Å². The topological polar surface area (TPSA) is 61.4 Å². The summed E-state index contributed by atoms with van der Waals surface area (Å²) in [5.74, 6) is 0. The predicted octanol–water partition coefficient (Wildman–Crippen LogP) is 1.41. The van der Waals surface area contributed by atoms with Gasteiger partial charge in [0.2, 0.25) is 10.0 Å². The van der Waals surface area contributed by atoms with E-state index in [0.29, 0.717) is 5.69 Å². The van der Waals surface area contributed by atoms with Gasteiger partial charge in [0.25, 0.3) is 0 Å². The molecule has 1 aliphatic rings. The molecule has 1 aliphatic heterocycles. The predicted molar refractivity (Wildman–Crippen MR) is 71.7 cm³/mol. The minimum absolute atomic E-state index is 0.290. The first-order chi connectivity index (χ1) is 8.63. The van der Waals surface area contributed by atoms with Crippen LogP contribution in [0, 0.1) is 0 Å². The van der Waals surface area contributed by atoms with Crippen LogP contribution in [0.3, 0.4) is 0 Å². The molecule has 0 radical (unpaired) electrons. The third-order valence-corrected chi connectivity index (χ3v) is 4.55. The molecule has 2 rings (SSSR count). The number of hydrogen-bond donors (Lipinski definition) is 2. The number of nitrogens with zero attached hydrogens (tertiary/aromatic N) is 1. The van der Waals surface area contributed by atoms with Crippen molar-refractivity contribution in [3.05, 3.63) is 24.3 Å². The number of rotatable bonds is 4. The highest BCUT2D eigenvalue weighted by atomic mass is 32.2. The quantitative estimate of drug-likeness (QED) is 0.867. The van der Waals surface area contributed by atoms with E-state index < -0.39 is 10.0 Å². The van der Waals surface area contributed by atoms with Crippen molar-refractivity contribution in [1.29, 1.82) is 0 Å². The van der Waals surface area contributed by atoms with E-state index in [0.717, 1.165) is 25.9 Å². The Morgan fingerprint density at radius 3 is 2.44 bits per heavy atom. The molecule has 1 aromatic carbocycles. The summed E-state index contributed by atoms with van der Waals surface area (Å²) >= 11 is 0. The zero-order valence-electron chi connectivity index (χ0n) is 10.5. The number of para-hydroxylation sites is 1. The molecular weight excluding hydrogens is 250 g/mol. The van der Waals surface area contributed by atoms with Crippen LogP contribution in [0.15, 0.2) is 29.2 Å². The highest BCUT2D eigenvalue weighted by molar-refractivity contribution is 7.89. The average molecular weight is 269 g/mol. The number of nitrogens with one attached hydrogen (secondary N) is 2. The summed E-state index contributed by atoms with van der Waals surface area (Å²) in [6.07, 6.45) is 3.54. The molecule has 0 atom stereocenters. The molecular formula is C12H19N3O2S. The molecule has 0 bridgehead atoms. The SMILES string of the molecule is CNS(=O)(=O)c1ccccc1NN1CCCCC1. The minimum atomic E-state index is -3.42. The van der Waals surface area contributed by atoms with E-state index in [2.05, 4.69) is 15.2 Å². The largest absolute Gasteiger partial charge is 0.318 e. The Labute approximate surface area is 108 Å². The number of hydrazine groups is 1. The Morgan fingerprint density at radius 2 is 1.78 bits per heavy atom. The maximum Gasteiger partial charge on any atom is 0.242 e. The molecule has 5 nitrogen and oxygen atoms in total. The lowest BCUT2D eigenvalue weighted by Gasteiger charge is -2.28. The summed E-state index contributed by atoms with van der Waals surface area (Å²) in [5, 5.41) is 2.08. The third-order valence-electron chi connectivity index (χ3n) is 3.08. The van der Waals surface area contributed by atoms with Crippen molar-refractivity contribution in [3.8, 4) is 0 Å². The zero-order valence-corrected chi connectivity index (χ0v) is 11.3. The molecule has 1 fully saturated rings. The van der Waals surface area contributed by atoms with Crippen LogP contribution in [0.25, 0.3) is 0 Å². The van der Waals surface area contributed by atoms with Crippen LogP contribution in [0.5, 0.6) is 0 Å². The smallest absolute Gasteiger partial charge is 0.242 e. The van der Waals surface area contributed by atoms with E-state index in [1.165, 1.54) is 13.5 Å². The zero-order chi connectivity index (χ0) is 13.0. The molecule has 1 saturated heterocycles. The fourth-order valence-corrected chi connectivity index (χ4v) is 2.96. The third kappa shape index (κ3) is 3.01. The van der Waals surface area contributed by atoms with Gasteiger partial charge in [-0.05, 0) is 32.0 Å². The first-order valence-corrected chi connectivity index (χ1v) is 7.66. The maximum absolute atomic E-state index is 11.9. The normalized spacial score (nSPS) is 17.6. The number of anilines is 1. The van der Waals surface area contributed by atoms with Crippen LogP contribution in [-0.4, -0.2) is 33.6 Å². The molecule has 0 spiro atoms.